The van der Waals surface area contributed by atoms with Crippen LogP contribution in [0.25, 0.3) is 0 Å². The van der Waals surface area contributed by atoms with Gasteiger partial charge in [0.25, 0.3) is 0 Å². The molecule has 0 radical (unpaired) electrons. The monoisotopic (exact) mass is 270 g/mol. The van der Waals surface area contributed by atoms with Gasteiger partial charge >= 0.3 is 0 Å². The van der Waals surface area contributed by atoms with Crippen LogP contribution in [0.5, 0.6) is 0 Å². The molecule has 4 nitrogen and oxygen atoms in total. The number of carbonyl (C=O) groups excluding carboxylic acids is 2. The molecule has 0 saturated carbocycles. The maximum Gasteiger partial charge on any atom is 0.246 e. The van der Waals surface area contributed by atoms with E-state index in [0.717, 1.165) is 31.7 Å². The Morgan fingerprint density at radius 2 is 1.78 bits per heavy atom. The highest BCUT2D eigenvalue weighted by Crippen LogP contribution is 2.28. The van der Waals surface area contributed by atoms with Gasteiger partial charge in [0.15, 0.2) is 0 Å². The predicted molar refractivity (Wildman–Crippen MR) is 73.2 cm³/mol. The summed E-state index contributed by atoms with van der Waals surface area (Å²) in [4.78, 5) is 28.4. The van der Waals surface area contributed by atoms with E-state index in [4.69, 9.17) is 0 Å². The van der Waals surface area contributed by atoms with E-state index < -0.39 is 5.41 Å². The van der Waals surface area contributed by atoms with E-state index >= 15 is 0 Å². The second kappa shape index (κ2) is 5.11. The first kappa shape index (κ1) is 13.7. The average molecular weight is 270 g/mol. The fourth-order valence-electron chi connectivity index (χ4n) is 2.43. The molecule has 102 valence electrons. The van der Waals surface area contributed by atoms with Gasteiger partial charge in [0.05, 0.1) is 5.88 Å². The highest BCUT2D eigenvalue weighted by atomic mass is 32.2. The summed E-state index contributed by atoms with van der Waals surface area (Å²) in [5, 5.41) is 0. The number of hydrogen-bond acceptors (Lipinski definition) is 3. The van der Waals surface area contributed by atoms with Crippen molar-refractivity contribution in [3.63, 3.8) is 0 Å². The summed E-state index contributed by atoms with van der Waals surface area (Å²) in [6.07, 6.45) is 2.19. The highest BCUT2D eigenvalue weighted by Gasteiger charge is 2.40. The van der Waals surface area contributed by atoms with E-state index in [0.29, 0.717) is 5.88 Å². The Morgan fingerprint density at radius 3 is 2.33 bits per heavy atom. The molecule has 2 amide bonds. The number of hydrogen-bond donors (Lipinski definition) is 0. The van der Waals surface area contributed by atoms with Crippen LogP contribution < -0.4 is 0 Å². The van der Waals surface area contributed by atoms with Crippen LogP contribution in [0, 0.1) is 5.41 Å². The van der Waals surface area contributed by atoms with E-state index in [1.807, 2.05) is 25.7 Å². The van der Waals surface area contributed by atoms with E-state index in [-0.39, 0.29) is 17.9 Å². The molecule has 0 aliphatic carbocycles. The van der Waals surface area contributed by atoms with Crippen molar-refractivity contribution in [1.29, 1.82) is 0 Å². The number of rotatable bonds is 1. The molecule has 1 unspecified atom stereocenters. The lowest BCUT2D eigenvalue weighted by Gasteiger charge is -2.31. The van der Waals surface area contributed by atoms with Gasteiger partial charge in [-0.1, -0.05) is 20.8 Å². The molecule has 0 aromatic rings. The van der Waals surface area contributed by atoms with Crippen molar-refractivity contribution in [2.24, 2.45) is 5.41 Å². The summed E-state index contributed by atoms with van der Waals surface area (Å²) in [6, 6.07) is -0.236. The van der Waals surface area contributed by atoms with Gasteiger partial charge in [-0.25, -0.2) is 0 Å². The Balaban J connectivity index is 2.07. The maximum absolute atomic E-state index is 12.4. The van der Waals surface area contributed by atoms with Gasteiger partial charge < -0.3 is 9.80 Å². The van der Waals surface area contributed by atoms with Crippen molar-refractivity contribution in [3.05, 3.63) is 0 Å². The Kier molecular flexibility index (Phi) is 3.90. The molecule has 0 aromatic carbocycles. The van der Waals surface area contributed by atoms with Gasteiger partial charge in [0, 0.05) is 24.3 Å². The molecule has 2 rings (SSSR count). The van der Waals surface area contributed by atoms with Crippen molar-refractivity contribution in [2.75, 3.05) is 24.7 Å². The maximum atomic E-state index is 12.4. The average Bonchev–Trinajstić information content (AvgIpc) is 2.97. The first-order chi connectivity index (χ1) is 8.41. The predicted octanol–water partition coefficient (Wildman–Crippen LogP) is 1.56. The lowest BCUT2D eigenvalue weighted by molar-refractivity contribution is -0.147. The minimum absolute atomic E-state index is 0.0880. The molecule has 18 heavy (non-hydrogen) atoms. The largest absolute Gasteiger partial charge is 0.341 e. The standard InChI is InChI=1S/C13H22N2O2S/c1-13(2,3)12(17)15-9-18-8-10(15)11(16)14-6-4-5-7-14/h10H,4-9H2,1-3H3. The van der Waals surface area contributed by atoms with Crippen molar-refractivity contribution in [3.8, 4) is 0 Å². The van der Waals surface area contributed by atoms with Crippen molar-refractivity contribution in [1.82, 2.24) is 9.80 Å². The number of likely N-dealkylation sites (tertiary alicyclic amines) is 1. The molecule has 1 atom stereocenters. The summed E-state index contributed by atoms with van der Waals surface area (Å²) < 4.78 is 0. The van der Waals surface area contributed by atoms with Crippen LogP contribution in [-0.4, -0.2) is 52.4 Å². The smallest absolute Gasteiger partial charge is 0.246 e. The number of nitrogens with zero attached hydrogens (tertiary/aromatic N) is 2. The van der Waals surface area contributed by atoms with E-state index in [1.54, 1.807) is 16.7 Å². The molecular weight excluding hydrogens is 248 g/mol. The molecule has 0 bridgehead atoms. The Morgan fingerprint density at radius 1 is 1.17 bits per heavy atom. The molecule has 2 aliphatic rings. The van der Waals surface area contributed by atoms with Crippen molar-refractivity contribution >= 4 is 23.6 Å². The van der Waals surface area contributed by atoms with Crippen LogP contribution in [0.2, 0.25) is 0 Å². The second-order valence-corrected chi connectivity index (χ2v) is 7.07. The van der Waals surface area contributed by atoms with Crippen LogP contribution in [-0.2, 0) is 9.59 Å². The minimum Gasteiger partial charge on any atom is -0.341 e. The third-order valence-electron chi connectivity index (χ3n) is 3.49. The van der Waals surface area contributed by atoms with Crippen LogP contribution in [0.15, 0.2) is 0 Å². The van der Waals surface area contributed by atoms with Gasteiger partial charge in [-0.05, 0) is 12.8 Å². The summed E-state index contributed by atoms with van der Waals surface area (Å²) in [7, 11) is 0. The first-order valence-electron chi connectivity index (χ1n) is 6.59. The van der Waals surface area contributed by atoms with Gasteiger partial charge in [-0.15, -0.1) is 11.8 Å². The molecule has 0 spiro atoms. The molecular formula is C13H22N2O2S. The summed E-state index contributed by atoms with van der Waals surface area (Å²) >= 11 is 1.68. The van der Waals surface area contributed by atoms with E-state index in [9.17, 15) is 9.59 Å². The zero-order chi connectivity index (χ0) is 13.3. The normalized spacial score (nSPS) is 24.7. The topological polar surface area (TPSA) is 40.6 Å². The van der Waals surface area contributed by atoms with Gasteiger partial charge in [-0.2, -0.15) is 0 Å². The lowest BCUT2D eigenvalue weighted by Crippen LogP contribution is -2.51. The van der Waals surface area contributed by atoms with Gasteiger partial charge in [-0.3, -0.25) is 9.59 Å². The fraction of sp³-hybridized carbons (Fsp3) is 0.846. The quantitative estimate of drug-likeness (QED) is 0.726. The van der Waals surface area contributed by atoms with E-state index in [2.05, 4.69) is 0 Å². The molecule has 2 saturated heterocycles. The van der Waals surface area contributed by atoms with Crippen molar-refractivity contribution < 1.29 is 9.59 Å². The highest BCUT2D eigenvalue weighted by molar-refractivity contribution is 7.99. The second-order valence-electron chi connectivity index (χ2n) is 6.07. The molecule has 2 fully saturated rings. The molecule has 2 heterocycles. The van der Waals surface area contributed by atoms with Gasteiger partial charge in [0.2, 0.25) is 11.8 Å². The molecule has 2 aliphatic heterocycles. The zero-order valence-corrected chi connectivity index (χ0v) is 12.3. The van der Waals surface area contributed by atoms with Gasteiger partial charge in [0.1, 0.15) is 6.04 Å². The Labute approximate surface area is 113 Å². The summed E-state index contributed by atoms with van der Waals surface area (Å²) in [6.45, 7) is 7.45. The van der Waals surface area contributed by atoms with Crippen molar-refractivity contribution in [2.45, 2.75) is 39.7 Å². The Hall–Kier alpha value is -0.710. The lowest BCUT2D eigenvalue weighted by atomic mass is 9.94. The minimum atomic E-state index is -0.408. The van der Waals surface area contributed by atoms with Crippen LogP contribution in [0.4, 0.5) is 0 Å². The number of carbonyl (C=O) groups is 2. The Bertz CT molecular complexity index is 345. The summed E-state index contributed by atoms with van der Waals surface area (Å²) in [5.41, 5.74) is -0.408. The molecule has 5 heteroatoms. The third-order valence-corrected chi connectivity index (χ3v) is 4.50. The van der Waals surface area contributed by atoms with E-state index in [1.165, 1.54) is 0 Å². The molecule has 0 N–H and O–H groups in total. The third kappa shape index (κ3) is 2.66. The number of thioether (sulfide) groups is 1. The number of amides is 2. The van der Waals surface area contributed by atoms with Crippen LogP contribution >= 0.6 is 11.8 Å². The first-order valence-corrected chi connectivity index (χ1v) is 7.74. The van der Waals surface area contributed by atoms with Crippen LogP contribution in [0.1, 0.15) is 33.6 Å². The molecule has 0 aromatic heterocycles. The zero-order valence-electron chi connectivity index (χ0n) is 11.4. The SMILES string of the molecule is CC(C)(C)C(=O)N1CSCC1C(=O)N1CCCC1. The fourth-order valence-corrected chi connectivity index (χ4v) is 3.57. The van der Waals surface area contributed by atoms with Crippen LogP contribution in [0.3, 0.4) is 0 Å². The summed E-state index contributed by atoms with van der Waals surface area (Å²) in [5.74, 6) is 1.64.